The maximum Gasteiger partial charge on any atom is 0.356 e. The zero-order chi connectivity index (χ0) is 14.9. The number of rotatable bonds is 2. The van der Waals surface area contributed by atoms with Crippen LogP contribution in [0, 0.1) is 0 Å². The molecule has 5 nitrogen and oxygen atoms in total. The Morgan fingerprint density at radius 1 is 1.25 bits per heavy atom. The van der Waals surface area contributed by atoms with Crippen molar-refractivity contribution >= 4 is 11.8 Å². The van der Waals surface area contributed by atoms with Crippen molar-refractivity contribution < 1.29 is 9.53 Å². The van der Waals surface area contributed by atoms with Gasteiger partial charge in [-0.25, -0.2) is 4.79 Å². The van der Waals surface area contributed by atoms with E-state index in [9.17, 15) is 4.79 Å². The van der Waals surface area contributed by atoms with Crippen LogP contribution < -0.4 is 5.73 Å². The highest BCUT2D eigenvalue weighted by Crippen LogP contribution is 2.30. The third kappa shape index (κ3) is 2.52. The number of esters is 1. The number of ether oxygens (including phenoxy) is 1. The van der Waals surface area contributed by atoms with Crippen molar-refractivity contribution in [3.05, 3.63) is 35.5 Å². The van der Waals surface area contributed by atoms with Gasteiger partial charge in [-0.1, -0.05) is 45.0 Å². The van der Waals surface area contributed by atoms with Gasteiger partial charge >= 0.3 is 5.97 Å². The third-order valence-corrected chi connectivity index (χ3v) is 3.22. The number of carbonyl (C=O) groups is 1. The summed E-state index contributed by atoms with van der Waals surface area (Å²) in [4.78, 5) is 11.7. The van der Waals surface area contributed by atoms with Crippen molar-refractivity contribution in [3.8, 4) is 11.1 Å². The van der Waals surface area contributed by atoms with E-state index >= 15 is 0 Å². The number of nitrogens with zero attached hydrogens (tertiary/aromatic N) is 1. The molecule has 1 aromatic carbocycles. The van der Waals surface area contributed by atoms with E-state index in [0.717, 1.165) is 5.56 Å². The summed E-state index contributed by atoms with van der Waals surface area (Å²) in [5.74, 6) is -0.196. The molecule has 0 amide bonds. The van der Waals surface area contributed by atoms with Crippen molar-refractivity contribution in [2.45, 2.75) is 26.2 Å². The number of anilines is 1. The molecule has 3 N–H and O–H groups in total. The third-order valence-electron chi connectivity index (χ3n) is 3.22. The van der Waals surface area contributed by atoms with Crippen molar-refractivity contribution in [3.63, 3.8) is 0 Å². The molecule has 0 aliphatic carbocycles. The van der Waals surface area contributed by atoms with Gasteiger partial charge in [0.2, 0.25) is 0 Å². The average Bonchev–Trinajstić information content (AvgIpc) is 2.79. The number of hydrogen-bond acceptors (Lipinski definition) is 4. The Hall–Kier alpha value is -2.30. The van der Waals surface area contributed by atoms with E-state index in [2.05, 4.69) is 31.0 Å². The van der Waals surface area contributed by atoms with Gasteiger partial charge in [-0.05, 0) is 16.5 Å². The van der Waals surface area contributed by atoms with Gasteiger partial charge in [0, 0.05) is 0 Å². The van der Waals surface area contributed by atoms with Gasteiger partial charge in [-0.3, -0.25) is 5.10 Å². The van der Waals surface area contributed by atoms with Gasteiger partial charge in [0.25, 0.3) is 0 Å². The molecule has 20 heavy (non-hydrogen) atoms. The Bertz CT molecular complexity index is 622. The lowest BCUT2D eigenvalue weighted by molar-refractivity contribution is 0.0595. The highest BCUT2D eigenvalue weighted by atomic mass is 16.5. The maximum absolute atomic E-state index is 11.7. The summed E-state index contributed by atoms with van der Waals surface area (Å²) in [5.41, 5.74) is 8.82. The van der Waals surface area contributed by atoms with E-state index in [4.69, 9.17) is 10.5 Å². The number of nitrogen functional groups attached to an aromatic ring is 1. The lowest BCUT2D eigenvalue weighted by Gasteiger charge is -2.19. The van der Waals surface area contributed by atoms with Crippen molar-refractivity contribution in [1.29, 1.82) is 0 Å². The standard InChI is InChI=1S/C15H19N3O2/c1-15(2,3)10-7-5-9(6-8-10)11-12(14(19)20-4)17-18-13(11)16/h5-8H,1-4H3,(H3,16,17,18). The number of aromatic amines is 1. The molecule has 1 heterocycles. The molecule has 2 rings (SSSR count). The molecule has 0 radical (unpaired) electrons. The summed E-state index contributed by atoms with van der Waals surface area (Å²) < 4.78 is 4.72. The molecule has 0 aliphatic heterocycles. The molecule has 0 saturated carbocycles. The van der Waals surface area contributed by atoms with Crippen LogP contribution in [0.15, 0.2) is 24.3 Å². The minimum atomic E-state index is -0.482. The highest BCUT2D eigenvalue weighted by molar-refractivity contribution is 5.98. The summed E-state index contributed by atoms with van der Waals surface area (Å²) in [6, 6.07) is 7.94. The predicted octanol–water partition coefficient (Wildman–Crippen LogP) is 2.74. The van der Waals surface area contributed by atoms with Gasteiger partial charge in [-0.2, -0.15) is 5.10 Å². The normalized spacial score (nSPS) is 11.4. The van der Waals surface area contributed by atoms with Crippen LogP contribution in [0.1, 0.15) is 36.8 Å². The largest absolute Gasteiger partial charge is 0.464 e. The summed E-state index contributed by atoms with van der Waals surface area (Å²) in [5, 5.41) is 6.50. The van der Waals surface area contributed by atoms with Crippen LogP contribution in [-0.2, 0) is 10.2 Å². The maximum atomic E-state index is 11.7. The molecule has 0 aliphatic rings. The van der Waals surface area contributed by atoms with E-state index < -0.39 is 5.97 Å². The van der Waals surface area contributed by atoms with Crippen LogP contribution >= 0.6 is 0 Å². The van der Waals surface area contributed by atoms with Crippen LogP contribution in [0.3, 0.4) is 0 Å². The van der Waals surface area contributed by atoms with Gasteiger partial charge in [0.15, 0.2) is 11.5 Å². The fourth-order valence-electron chi connectivity index (χ4n) is 2.03. The number of nitrogens with one attached hydrogen (secondary N) is 1. The Morgan fingerprint density at radius 3 is 2.35 bits per heavy atom. The van der Waals surface area contributed by atoms with Crippen molar-refractivity contribution in [2.24, 2.45) is 0 Å². The second-order valence-corrected chi connectivity index (χ2v) is 5.68. The second kappa shape index (κ2) is 5.00. The summed E-state index contributed by atoms with van der Waals surface area (Å²) in [6.45, 7) is 6.44. The molecule has 0 spiro atoms. The summed E-state index contributed by atoms with van der Waals surface area (Å²) >= 11 is 0. The Labute approximate surface area is 118 Å². The number of benzene rings is 1. The van der Waals surface area contributed by atoms with Gasteiger partial charge < -0.3 is 10.5 Å². The van der Waals surface area contributed by atoms with E-state index in [1.807, 2.05) is 24.3 Å². The quantitative estimate of drug-likeness (QED) is 0.824. The number of nitrogens with two attached hydrogens (primary N) is 1. The Kier molecular flexibility index (Phi) is 3.53. The van der Waals surface area contributed by atoms with E-state index in [1.165, 1.54) is 12.7 Å². The first-order valence-corrected chi connectivity index (χ1v) is 6.37. The molecule has 5 heteroatoms. The van der Waals surface area contributed by atoms with Crippen LogP contribution in [-0.4, -0.2) is 23.3 Å². The number of hydrogen-bond donors (Lipinski definition) is 2. The van der Waals surface area contributed by atoms with Crippen LogP contribution in [0.4, 0.5) is 5.82 Å². The first-order valence-electron chi connectivity index (χ1n) is 6.37. The van der Waals surface area contributed by atoms with Crippen LogP contribution in [0.5, 0.6) is 0 Å². The lowest BCUT2D eigenvalue weighted by atomic mass is 9.86. The molecule has 0 unspecified atom stereocenters. The van der Waals surface area contributed by atoms with E-state index in [0.29, 0.717) is 5.56 Å². The molecule has 2 aromatic rings. The molecule has 0 saturated heterocycles. The minimum absolute atomic E-state index is 0.0750. The molecular weight excluding hydrogens is 254 g/mol. The zero-order valence-electron chi connectivity index (χ0n) is 12.2. The average molecular weight is 273 g/mol. The number of carbonyl (C=O) groups excluding carboxylic acids is 1. The molecule has 1 aromatic heterocycles. The minimum Gasteiger partial charge on any atom is -0.464 e. The van der Waals surface area contributed by atoms with Crippen LogP contribution in [0.25, 0.3) is 11.1 Å². The van der Waals surface area contributed by atoms with E-state index in [-0.39, 0.29) is 16.9 Å². The smallest absolute Gasteiger partial charge is 0.356 e. The number of methoxy groups -OCH3 is 1. The van der Waals surface area contributed by atoms with Crippen molar-refractivity contribution in [2.75, 3.05) is 12.8 Å². The molecule has 0 fully saturated rings. The van der Waals surface area contributed by atoms with Gasteiger partial charge in [0.05, 0.1) is 12.7 Å². The van der Waals surface area contributed by atoms with E-state index in [1.54, 1.807) is 0 Å². The van der Waals surface area contributed by atoms with Crippen LogP contribution in [0.2, 0.25) is 0 Å². The fraction of sp³-hybridized carbons (Fsp3) is 0.333. The Balaban J connectivity index is 2.47. The Morgan fingerprint density at radius 2 is 1.85 bits per heavy atom. The zero-order valence-corrected chi connectivity index (χ0v) is 12.2. The molecule has 0 atom stereocenters. The first-order chi connectivity index (χ1) is 9.34. The monoisotopic (exact) mass is 273 g/mol. The molecule has 0 bridgehead atoms. The number of H-pyrrole nitrogens is 1. The SMILES string of the molecule is COC(=O)c1[nH]nc(N)c1-c1ccc(C(C)(C)C)cc1. The number of aromatic nitrogens is 2. The summed E-state index contributed by atoms with van der Waals surface area (Å²) in [6.07, 6.45) is 0. The highest BCUT2D eigenvalue weighted by Gasteiger charge is 2.20. The molecule has 106 valence electrons. The fourth-order valence-corrected chi connectivity index (χ4v) is 2.03. The van der Waals surface area contributed by atoms with Gasteiger partial charge in [-0.15, -0.1) is 0 Å². The van der Waals surface area contributed by atoms with Crippen molar-refractivity contribution in [1.82, 2.24) is 10.2 Å². The predicted molar refractivity (Wildman–Crippen MR) is 78.5 cm³/mol. The molecular formula is C15H19N3O2. The van der Waals surface area contributed by atoms with Gasteiger partial charge in [0.1, 0.15) is 0 Å². The lowest BCUT2D eigenvalue weighted by Crippen LogP contribution is -2.10. The first kappa shape index (κ1) is 14.1. The second-order valence-electron chi connectivity index (χ2n) is 5.68. The topological polar surface area (TPSA) is 81.0 Å². The summed E-state index contributed by atoms with van der Waals surface area (Å²) in [7, 11) is 1.33.